The van der Waals surface area contributed by atoms with E-state index in [1.165, 1.54) is 0 Å². The van der Waals surface area contributed by atoms with E-state index in [0.717, 1.165) is 47.9 Å². The second-order valence-electron chi connectivity index (χ2n) is 5.62. The van der Waals surface area contributed by atoms with Crippen molar-refractivity contribution in [2.45, 2.75) is 19.9 Å². The van der Waals surface area contributed by atoms with Gasteiger partial charge in [0.15, 0.2) is 0 Å². The summed E-state index contributed by atoms with van der Waals surface area (Å²) < 4.78 is 0. The summed E-state index contributed by atoms with van der Waals surface area (Å²) in [4.78, 5) is 9.64. The quantitative estimate of drug-likeness (QED) is 0.836. The van der Waals surface area contributed by atoms with Crippen molar-refractivity contribution in [1.29, 1.82) is 0 Å². The van der Waals surface area contributed by atoms with Gasteiger partial charge in [-0.15, -0.1) is 12.4 Å². The number of pyridine rings is 1. The van der Waals surface area contributed by atoms with Gasteiger partial charge in [0.25, 0.3) is 0 Å². The molecule has 0 unspecified atom stereocenters. The van der Waals surface area contributed by atoms with Crippen LogP contribution in [0.1, 0.15) is 13.8 Å². The van der Waals surface area contributed by atoms with E-state index in [-0.39, 0.29) is 12.4 Å². The van der Waals surface area contributed by atoms with Crippen LogP contribution in [-0.2, 0) is 0 Å². The Morgan fingerprint density at radius 1 is 1.05 bits per heavy atom. The number of rotatable bonds is 2. The SMILES string of the molecule is CC(C)N1CCN(c2ccc3cc(Cl)ccc3n2)CC1.Cl. The number of aromatic nitrogens is 1. The molecule has 21 heavy (non-hydrogen) atoms. The van der Waals surface area contributed by atoms with Crippen molar-refractivity contribution in [3.05, 3.63) is 35.4 Å². The molecule has 3 nitrogen and oxygen atoms in total. The molecule has 2 aromatic rings. The molecule has 0 saturated carbocycles. The fourth-order valence-corrected chi connectivity index (χ4v) is 2.91. The average Bonchev–Trinajstić information content (AvgIpc) is 2.47. The van der Waals surface area contributed by atoms with Crippen molar-refractivity contribution in [3.8, 4) is 0 Å². The molecule has 5 heteroatoms. The van der Waals surface area contributed by atoms with Crippen LogP contribution in [0.25, 0.3) is 10.9 Å². The van der Waals surface area contributed by atoms with E-state index in [9.17, 15) is 0 Å². The Bertz CT molecular complexity index is 607. The van der Waals surface area contributed by atoms with Crippen LogP contribution in [0.5, 0.6) is 0 Å². The highest BCUT2D eigenvalue weighted by Gasteiger charge is 2.19. The monoisotopic (exact) mass is 325 g/mol. The number of hydrogen-bond donors (Lipinski definition) is 0. The first-order valence-corrected chi connectivity index (χ1v) is 7.56. The Labute approximate surface area is 137 Å². The summed E-state index contributed by atoms with van der Waals surface area (Å²) in [6, 6.07) is 10.7. The van der Waals surface area contributed by atoms with Gasteiger partial charge in [0.1, 0.15) is 5.82 Å². The summed E-state index contributed by atoms with van der Waals surface area (Å²) in [6.45, 7) is 8.83. The minimum absolute atomic E-state index is 0. The molecule has 1 aromatic heterocycles. The summed E-state index contributed by atoms with van der Waals surface area (Å²) in [7, 11) is 0. The molecule has 0 radical (unpaired) electrons. The molecule has 114 valence electrons. The zero-order valence-electron chi connectivity index (χ0n) is 12.4. The lowest BCUT2D eigenvalue weighted by Gasteiger charge is -2.37. The van der Waals surface area contributed by atoms with Crippen molar-refractivity contribution >= 4 is 40.7 Å². The third-order valence-corrected chi connectivity index (χ3v) is 4.24. The van der Waals surface area contributed by atoms with Gasteiger partial charge < -0.3 is 4.90 Å². The van der Waals surface area contributed by atoms with Crippen LogP contribution < -0.4 is 4.90 Å². The van der Waals surface area contributed by atoms with Gasteiger partial charge in [-0.1, -0.05) is 11.6 Å². The smallest absolute Gasteiger partial charge is 0.129 e. The third-order valence-electron chi connectivity index (χ3n) is 4.01. The number of nitrogens with zero attached hydrogens (tertiary/aromatic N) is 3. The zero-order chi connectivity index (χ0) is 14.1. The van der Waals surface area contributed by atoms with Crippen LogP contribution in [0.15, 0.2) is 30.3 Å². The van der Waals surface area contributed by atoms with Crippen LogP contribution in [0.4, 0.5) is 5.82 Å². The van der Waals surface area contributed by atoms with Gasteiger partial charge in [-0.3, -0.25) is 4.90 Å². The standard InChI is InChI=1S/C16H20ClN3.ClH/c1-12(2)19-7-9-20(10-8-19)16-6-3-13-11-14(17)4-5-15(13)18-16;/h3-6,11-12H,7-10H2,1-2H3;1H. The Morgan fingerprint density at radius 2 is 1.76 bits per heavy atom. The molecule has 0 atom stereocenters. The normalized spacial score (nSPS) is 16.3. The summed E-state index contributed by atoms with van der Waals surface area (Å²) in [6.07, 6.45) is 0. The first-order valence-electron chi connectivity index (χ1n) is 7.19. The lowest BCUT2D eigenvalue weighted by Crippen LogP contribution is -2.49. The number of anilines is 1. The fraction of sp³-hybridized carbons (Fsp3) is 0.438. The Hall–Kier alpha value is -1.03. The van der Waals surface area contributed by atoms with Gasteiger partial charge >= 0.3 is 0 Å². The van der Waals surface area contributed by atoms with Crippen molar-refractivity contribution < 1.29 is 0 Å². The fourth-order valence-electron chi connectivity index (χ4n) is 2.73. The van der Waals surface area contributed by atoms with Crippen molar-refractivity contribution in [2.24, 2.45) is 0 Å². The van der Waals surface area contributed by atoms with Gasteiger partial charge in [-0.2, -0.15) is 0 Å². The summed E-state index contributed by atoms with van der Waals surface area (Å²) >= 11 is 6.01. The van der Waals surface area contributed by atoms with E-state index in [1.807, 2.05) is 18.2 Å². The molecule has 1 fully saturated rings. The van der Waals surface area contributed by atoms with Crippen molar-refractivity contribution in [1.82, 2.24) is 9.88 Å². The summed E-state index contributed by atoms with van der Waals surface area (Å²) in [5, 5.41) is 1.86. The third kappa shape index (κ3) is 3.60. The number of fused-ring (bicyclic) bond motifs is 1. The molecule has 1 aromatic carbocycles. The topological polar surface area (TPSA) is 19.4 Å². The van der Waals surface area contributed by atoms with E-state index in [1.54, 1.807) is 0 Å². The van der Waals surface area contributed by atoms with E-state index >= 15 is 0 Å². The molecule has 1 saturated heterocycles. The van der Waals surface area contributed by atoms with Crippen LogP contribution >= 0.6 is 24.0 Å². The lowest BCUT2D eigenvalue weighted by atomic mass is 10.2. The Balaban J connectivity index is 0.00000161. The molecule has 0 N–H and O–H groups in total. The van der Waals surface area contributed by atoms with E-state index in [4.69, 9.17) is 16.6 Å². The van der Waals surface area contributed by atoms with Gasteiger partial charge in [0.05, 0.1) is 5.52 Å². The van der Waals surface area contributed by atoms with Crippen LogP contribution in [0, 0.1) is 0 Å². The van der Waals surface area contributed by atoms with Gasteiger partial charge in [-0.25, -0.2) is 4.98 Å². The largest absolute Gasteiger partial charge is 0.354 e. The molecule has 1 aliphatic heterocycles. The van der Waals surface area contributed by atoms with Gasteiger partial charge in [0.2, 0.25) is 0 Å². The summed E-state index contributed by atoms with van der Waals surface area (Å²) in [5.41, 5.74) is 1.01. The van der Waals surface area contributed by atoms with Crippen molar-refractivity contribution in [2.75, 3.05) is 31.1 Å². The van der Waals surface area contributed by atoms with Crippen LogP contribution in [0.3, 0.4) is 0 Å². The molecular weight excluding hydrogens is 305 g/mol. The maximum Gasteiger partial charge on any atom is 0.129 e. The molecule has 0 amide bonds. The minimum atomic E-state index is 0. The number of halogens is 2. The van der Waals surface area contributed by atoms with Gasteiger partial charge in [-0.05, 0) is 44.2 Å². The Kier molecular flexibility index (Phi) is 5.31. The average molecular weight is 326 g/mol. The number of piperazine rings is 1. The first-order chi connectivity index (χ1) is 9.63. The second kappa shape index (κ2) is 6.82. The van der Waals surface area contributed by atoms with Crippen LogP contribution in [-0.4, -0.2) is 42.1 Å². The van der Waals surface area contributed by atoms with Crippen molar-refractivity contribution in [3.63, 3.8) is 0 Å². The maximum absolute atomic E-state index is 6.01. The maximum atomic E-state index is 6.01. The minimum Gasteiger partial charge on any atom is -0.354 e. The highest BCUT2D eigenvalue weighted by Crippen LogP contribution is 2.22. The molecule has 1 aliphatic rings. The second-order valence-corrected chi connectivity index (χ2v) is 6.06. The van der Waals surface area contributed by atoms with E-state index in [0.29, 0.717) is 6.04 Å². The van der Waals surface area contributed by atoms with Gasteiger partial charge in [0, 0.05) is 42.6 Å². The predicted octanol–water partition coefficient (Wildman–Crippen LogP) is 3.84. The molecular formula is C16H21Cl2N3. The molecule has 0 aliphatic carbocycles. The molecule has 2 heterocycles. The summed E-state index contributed by atoms with van der Waals surface area (Å²) in [5.74, 6) is 1.07. The zero-order valence-corrected chi connectivity index (χ0v) is 14.0. The lowest BCUT2D eigenvalue weighted by molar-refractivity contribution is 0.209. The van der Waals surface area contributed by atoms with E-state index in [2.05, 4.69) is 35.8 Å². The highest BCUT2D eigenvalue weighted by molar-refractivity contribution is 6.31. The highest BCUT2D eigenvalue weighted by atomic mass is 35.5. The number of hydrogen-bond acceptors (Lipinski definition) is 3. The van der Waals surface area contributed by atoms with E-state index < -0.39 is 0 Å². The van der Waals surface area contributed by atoms with Crippen LogP contribution in [0.2, 0.25) is 5.02 Å². The predicted molar refractivity (Wildman–Crippen MR) is 92.9 cm³/mol. The molecule has 0 bridgehead atoms. The molecule has 0 spiro atoms. The first kappa shape index (κ1) is 16.3. The molecule has 3 rings (SSSR count). The Morgan fingerprint density at radius 3 is 2.43 bits per heavy atom. The number of benzene rings is 1.